The number of nitrogens with zero attached hydrogens (tertiary/aromatic N) is 5. The fourth-order valence-corrected chi connectivity index (χ4v) is 4.33. The van der Waals surface area contributed by atoms with Gasteiger partial charge < -0.3 is 29.9 Å². The molecule has 5 rings (SSSR count). The number of halogens is 3. The Morgan fingerprint density at radius 1 is 1.05 bits per heavy atom. The van der Waals surface area contributed by atoms with E-state index in [1.54, 1.807) is 35.8 Å². The van der Waals surface area contributed by atoms with Gasteiger partial charge in [-0.1, -0.05) is 0 Å². The number of fused-ring (bicyclic) bond motifs is 1. The molecule has 15 heteroatoms. The molecule has 0 amide bonds. The summed E-state index contributed by atoms with van der Waals surface area (Å²) in [5.74, 6) is 0.699. The summed E-state index contributed by atoms with van der Waals surface area (Å²) in [7, 11) is 0. The zero-order valence-electron chi connectivity index (χ0n) is 21.3. The number of aromatic nitrogens is 4. The van der Waals surface area contributed by atoms with E-state index in [1.165, 1.54) is 29.4 Å². The molecule has 0 spiro atoms. The SMILES string of the molecule is Cc1nc2c(=N)n(N=Cc3ccc(OC4OC(CO)C(O)C(O)C4O)cc3)cnc2n1-c1ccc(C(F)(F)F)cc1. The van der Waals surface area contributed by atoms with Gasteiger partial charge in [0.25, 0.3) is 0 Å². The zero-order valence-corrected chi connectivity index (χ0v) is 21.3. The van der Waals surface area contributed by atoms with Crippen molar-refractivity contribution in [3.05, 3.63) is 77.3 Å². The van der Waals surface area contributed by atoms with Gasteiger partial charge in [-0.2, -0.15) is 18.3 Å². The minimum absolute atomic E-state index is 0.0948. The van der Waals surface area contributed by atoms with Gasteiger partial charge in [-0.05, 0) is 61.0 Å². The van der Waals surface area contributed by atoms with Crippen molar-refractivity contribution in [3.63, 3.8) is 0 Å². The Hall–Kier alpha value is -4.15. The molecular weight excluding hydrogens is 549 g/mol. The van der Waals surface area contributed by atoms with Crippen LogP contribution in [0.1, 0.15) is 17.0 Å². The summed E-state index contributed by atoms with van der Waals surface area (Å²) in [5, 5.41) is 52.0. The standard InChI is InChI=1S/C26H25F3N6O6/c1-13-33-19-23(30)34(12-31-24(19)35(13)16-6-4-15(5-7-16)26(27,28)29)32-10-14-2-8-17(9-3-14)40-25-22(39)21(38)20(37)18(11-36)41-25/h2-10,12,18,20-22,25,30,36-39H,11H2,1H3. The molecule has 2 aromatic carbocycles. The van der Waals surface area contributed by atoms with Crippen molar-refractivity contribution in [2.75, 3.05) is 6.61 Å². The van der Waals surface area contributed by atoms with Crippen LogP contribution >= 0.6 is 0 Å². The van der Waals surface area contributed by atoms with Gasteiger partial charge in [0.2, 0.25) is 6.29 Å². The van der Waals surface area contributed by atoms with Crippen LogP contribution in [0.15, 0.2) is 60.0 Å². The monoisotopic (exact) mass is 574 g/mol. The first-order valence-electron chi connectivity index (χ1n) is 12.3. The second kappa shape index (κ2) is 11.0. The molecule has 12 nitrogen and oxygen atoms in total. The lowest BCUT2D eigenvalue weighted by atomic mass is 9.99. The minimum atomic E-state index is -4.46. The second-order valence-electron chi connectivity index (χ2n) is 9.28. The van der Waals surface area contributed by atoms with Crippen molar-refractivity contribution in [1.29, 1.82) is 5.41 Å². The number of hydrogen-bond donors (Lipinski definition) is 5. The summed E-state index contributed by atoms with van der Waals surface area (Å²) in [6.07, 6.45) is -8.75. The maximum Gasteiger partial charge on any atom is 0.416 e. The predicted molar refractivity (Wildman–Crippen MR) is 136 cm³/mol. The molecule has 1 saturated heterocycles. The molecule has 3 heterocycles. The smallest absolute Gasteiger partial charge is 0.416 e. The largest absolute Gasteiger partial charge is 0.462 e. The maximum atomic E-state index is 12.9. The van der Waals surface area contributed by atoms with E-state index in [0.29, 0.717) is 17.1 Å². The van der Waals surface area contributed by atoms with E-state index < -0.39 is 49.1 Å². The van der Waals surface area contributed by atoms with Crippen LogP contribution in [-0.2, 0) is 10.9 Å². The summed E-state index contributed by atoms with van der Waals surface area (Å²) in [4.78, 5) is 8.70. The van der Waals surface area contributed by atoms with E-state index in [2.05, 4.69) is 15.1 Å². The van der Waals surface area contributed by atoms with Gasteiger partial charge in [0, 0.05) is 5.69 Å². The molecule has 5 unspecified atom stereocenters. The van der Waals surface area contributed by atoms with Crippen LogP contribution in [-0.4, -0.2) is 83.2 Å². The van der Waals surface area contributed by atoms with Crippen LogP contribution in [0.4, 0.5) is 13.2 Å². The van der Waals surface area contributed by atoms with E-state index in [4.69, 9.17) is 14.9 Å². The molecule has 2 aromatic heterocycles. The molecule has 5 N–H and O–H groups in total. The van der Waals surface area contributed by atoms with Crippen molar-refractivity contribution in [2.45, 2.75) is 43.8 Å². The van der Waals surface area contributed by atoms with Crippen LogP contribution in [0.2, 0.25) is 0 Å². The molecule has 1 aliphatic heterocycles. The third-order valence-corrected chi connectivity index (χ3v) is 6.53. The normalized spacial score (nSPS) is 23.4. The fraction of sp³-hybridized carbons (Fsp3) is 0.308. The number of imidazole rings is 1. The first kappa shape index (κ1) is 28.4. The quantitative estimate of drug-likeness (QED) is 0.213. The molecule has 0 saturated carbocycles. The minimum Gasteiger partial charge on any atom is -0.462 e. The number of benzene rings is 2. The first-order chi connectivity index (χ1) is 19.5. The molecule has 1 aliphatic rings. The third kappa shape index (κ3) is 5.57. The van der Waals surface area contributed by atoms with Crippen molar-refractivity contribution in [1.82, 2.24) is 19.2 Å². The summed E-state index contributed by atoms with van der Waals surface area (Å²) in [6.45, 7) is 1.07. The van der Waals surface area contributed by atoms with Crippen molar-refractivity contribution < 1.29 is 43.1 Å². The lowest BCUT2D eigenvalue weighted by Gasteiger charge is -2.39. The molecule has 5 atom stereocenters. The van der Waals surface area contributed by atoms with E-state index >= 15 is 0 Å². The fourth-order valence-electron chi connectivity index (χ4n) is 4.33. The lowest BCUT2D eigenvalue weighted by molar-refractivity contribution is -0.277. The van der Waals surface area contributed by atoms with E-state index in [9.17, 15) is 33.6 Å². The highest BCUT2D eigenvalue weighted by Gasteiger charge is 2.44. The Morgan fingerprint density at radius 3 is 2.37 bits per heavy atom. The van der Waals surface area contributed by atoms with Gasteiger partial charge in [0.05, 0.1) is 18.4 Å². The molecular formula is C26H25F3N6O6. The average Bonchev–Trinajstić information content (AvgIpc) is 3.30. The molecule has 41 heavy (non-hydrogen) atoms. The Morgan fingerprint density at radius 2 is 1.73 bits per heavy atom. The van der Waals surface area contributed by atoms with Crippen molar-refractivity contribution in [3.8, 4) is 11.4 Å². The van der Waals surface area contributed by atoms with Gasteiger partial charge >= 0.3 is 6.18 Å². The van der Waals surface area contributed by atoms with E-state index in [-0.39, 0.29) is 22.4 Å². The van der Waals surface area contributed by atoms with Crippen LogP contribution in [0.3, 0.4) is 0 Å². The van der Waals surface area contributed by atoms with Gasteiger partial charge in [0.1, 0.15) is 42.3 Å². The number of aliphatic hydroxyl groups is 4. The number of hydrogen-bond acceptors (Lipinski definition) is 10. The Labute approximate surface area is 229 Å². The zero-order chi connectivity index (χ0) is 29.5. The second-order valence-corrected chi connectivity index (χ2v) is 9.28. The Balaban J connectivity index is 1.33. The number of rotatable bonds is 6. The van der Waals surface area contributed by atoms with Gasteiger partial charge in [-0.3, -0.25) is 9.98 Å². The Bertz CT molecular complexity index is 1620. The first-order valence-corrected chi connectivity index (χ1v) is 12.3. The predicted octanol–water partition coefficient (Wildman–Crippen LogP) is 1.09. The number of nitrogens with one attached hydrogen (secondary N) is 1. The van der Waals surface area contributed by atoms with Crippen LogP contribution in [0.25, 0.3) is 16.9 Å². The van der Waals surface area contributed by atoms with Crippen molar-refractivity contribution >= 4 is 17.4 Å². The Kier molecular flexibility index (Phi) is 7.63. The van der Waals surface area contributed by atoms with Gasteiger partial charge in [-0.15, -0.1) is 0 Å². The molecule has 0 radical (unpaired) electrons. The van der Waals surface area contributed by atoms with Crippen molar-refractivity contribution in [2.24, 2.45) is 5.10 Å². The molecule has 216 valence electrons. The third-order valence-electron chi connectivity index (χ3n) is 6.53. The number of aliphatic hydroxyl groups excluding tert-OH is 4. The highest BCUT2D eigenvalue weighted by atomic mass is 19.4. The van der Waals surface area contributed by atoms with E-state index in [0.717, 1.165) is 12.1 Å². The summed E-state index contributed by atoms with van der Waals surface area (Å²) >= 11 is 0. The maximum absolute atomic E-state index is 12.9. The van der Waals surface area contributed by atoms with Gasteiger partial charge in [-0.25, -0.2) is 14.6 Å². The van der Waals surface area contributed by atoms with Gasteiger partial charge in [0.15, 0.2) is 16.7 Å². The van der Waals surface area contributed by atoms with Crippen LogP contribution in [0, 0.1) is 12.3 Å². The summed E-state index contributed by atoms with van der Waals surface area (Å²) < 4.78 is 52.5. The van der Waals surface area contributed by atoms with E-state index in [1.807, 2.05) is 0 Å². The van der Waals surface area contributed by atoms with Crippen LogP contribution < -0.4 is 10.2 Å². The number of aryl methyl sites for hydroxylation is 1. The lowest BCUT2D eigenvalue weighted by Crippen LogP contribution is -2.60. The molecule has 0 aliphatic carbocycles. The number of ether oxygens (including phenoxy) is 2. The summed E-state index contributed by atoms with van der Waals surface area (Å²) in [5.41, 5.74) is 0.626. The molecule has 1 fully saturated rings. The highest BCUT2D eigenvalue weighted by Crippen LogP contribution is 2.30. The molecule has 0 bridgehead atoms. The van der Waals surface area contributed by atoms with Crippen LogP contribution in [0.5, 0.6) is 5.75 Å². The molecule has 4 aromatic rings. The summed E-state index contributed by atoms with van der Waals surface area (Å²) in [6, 6.07) is 10.9. The average molecular weight is 575 g/mol. The topological polar surface area (TPSA) is 171 Å². The number of alkyl halides is 3. The highest BCUT2D eigenvalue weighted by molar-refractivity contribution is 5.80.